The van der Waals surface area contributed by atoms with Gasteiger partial charge >= 0.3 is 0 Å². The molecular weight excluding hydrogens is 222 g/mol. The number of unbranched alkanes of at least 4 members (excludes halogenated alkanes) is 3. The summed E-state index contributed by atoms with van der Waals surface area (Å²) in [5.41, 5.74) is 6.59. The van der Waals surface area contributed by atoms with Crippen LogP contribution in [0, 0.1) is 6.92 Å². The molecule has 0 unspecified atom stereocenters. The lowest BCUT2D eigenvalue weighted by atomic mass is 10.2. The van der Waals surface area contributed by atoms with Crippen LogP contribution in [0.25, 0.3) is 0 Å². The van der Waals surface area contributed by atoms with Gasteiger partial charge < -0.3 is 10.5 Å². The van der Waals surface area contributed by atoms with E-state index in [0.717, 1.165) is 31.7 Å². The van der Waals surface area contributed by atoms with Crippen LogP contribution in [0.2, 0.25) is 5.02 Å². The molecule has 16 heavy (non-hydrogen) atoms. The smallest absolute Gasteiger partial charge is 0.138 e. The molecule has 3 heteroatoms. The zero-order valence-corrected chi connectivity index (χ0v) is 10.6. The zero-order valence-electron chi connectivity index (χ0n) is 9.84. The van der Waals surface area contributed by atoms with Gasteiger partial charge in [-0.25, -0.2) is 0 Å². The predicted molar refractivity (Wildman–Crippen MR) is 69.2 cm³/mol. The van der Waals surface area contributed by atoms with Crippen molar-refractivity contribution in [2.45, 2.75) is 32.6 Å². The Morgan fingerprint density at radius 1 is 1.19 bits per heavy atom. The van der Waals surface area contributed by atoms with Crippen molar-refractivity contribution in [3.63, 3.8) is 0 Å². The first-order valence-corrected chi connectivity index (χ1v) is 6.21. The fourth-order valence-electron chi connectivity index (χ4n) is 1.50. The average Bonchev–Trinajstić information content (AvgIpc) is 2.28. The van der Waals surface area contributed by atoms with Crippen molar-refractivity contribution < 1.29 is 4.74 Å². The Labute approximate surface area is 103 Å². The second-order valence-corrected chi connectivity index (χ2v) is 4.39. The maximum absolute atomic E-state index is 6.02. The Hall–Kier alpha value is -0.730. The maximum atomic E-state index is 6.02. The Balaban J connectivity index is 2.23. The second-order valence-electron chi connectivity index (χ2n) is 3.99. The number of halogens is 1. The van der Waals surface area contributed by atoms with Gasteiger partial charge in [-0.3, -0.25) is 0 Å². The largest absolute Gasteiger partial charge is 0.492 e. The van der Waals surface area contributed by atoms with E-state index in [1.807, 2.05) is 25.1 Å². The highest BCUT2D eigenvalue weighted by Gasteiger charge is 2.00. The van der Waals surface area contributed by atoms with Crippen LogP contribution in [-0.2, 0) is 0 Å². The summed E-state index contributed by atoms with van der Waals surface area (Å²) in [5.74, 6) is 0.792. The van der Waals surface area contributed by atoms with Gasteiger partial charge in [0.15, 0.2) is 0 Å². The molecule has 0 amide bonds. The number of rotatable bonds is 7. The molecule has 0 saturated carbocycles. The van der Waals surface area contributed by atoms with Crippen molar-refractivity contribution in [3.8, 4) is 5.75 Å². The van der Waals surface area contributed by atoms with Crippen molar-refractivity contribution in [1.29, 1.82) is 0 Å². The fraction of sp³-hybridized carbons (Fsp3) is 0.538. The molecule has 0 spiro atoms. The van der Waals surface area contributed by atoms with Crippen molar-refractivity contribution in [2.24, 2.45) is 5.73 Å². The maximum Gasteiger partial charge on any atom is 0.138 e. The number of nitrogens with two attached hydrogens (primary N) is 1. The predicted octanol–water partition coefficient (Wildman–Crippen LogP) is 3.55. The number of ether oxygens (including phenoxy) is 1. The highest BCUT2D eigenvalue weighted by Crippen LogP contribution is 2.25. The molecule has 90 valence electrons. The molecule has 0 aromatic heterocycles. The van der Waals surface area contributed by atoms with Gasteiger partial charge in [0.05, 0.1) is 11.6 Å². The van der Waals surface area contributed by atoms with Crippen molar-refractivity contribution in [3.05, 3.63) is 28.8 Å². The van der Waals surface area contributed by atoms with E-state index in [4.69, 9.17) is 22.1 Å². The highest BCUT2D eigenvalue weighted by molar-refractivity contribution is 6.32. The first-order chi connectivity index (χ1) is 7.74. The molecule has 0 bridgehead atoms. The van der Waals surface area contributed by atoms with E-state index in [2.05, 4.69) is 0 Å². The Morgan fingerprint density at radius 3 is 2.69 bits per heavy atom. The third-order valence-corrected chi connectivity index (χ3v) is 2.75. The molecule has 0 radical (unpaired) electrons. The minimum absolute atomic E-state index is 0.688. The minimum Gasteiger partial charge on any atom is -0.492 e. The molecule has 0 heterocycles. The molecule has 0 aliphatic carbocycles. The Bertz CT molecular complexity index is 315. The van der Waals surface area contributed by atoms with E-state index < -0.39 is 0 Å². The van der Waals surface area contributed by atoms with Crippen molar-refractivity contribution in [2.75, 3.05) is 13.2 Å². The summed E-state index contributed by atoms with van der Waals surface area (Å²) in [6.45, 7) is 3.54. The van der Waals surface area contributed by atoms with Gasteiger partial charge in [-0.1, -0.05) is 30.5 Å². The molecule has 1 rings (SSSR count). The van der Waals surface area contributed by atoms with Crippen LogP contribution in [0.1, 0.15) is 31.2 Å². The average molecular weight is 242 g/mol. The lowest BCUT2D eigenvalue weighted by Gasteiger charge is -2.08. The van der Waals surface area contributed by atoms with E-state index >= 15 is 0 Å². The summed E-state index contributed by atoms with van der Waals surface area (Å²) in [6.07, 6.45) is 4.51. The van der Waals surface area contributed by atoms with E-state index in [9.17, 15) is 0 Å². The van der Waals surface area contributed by atoms with Gasteiger partial charge in [-0.05, 0) is 44.0 Å². The van der Waals surface area contributed by atoms with Crippen molar-refractivity contribution in [1.82, 2.24) is 0 Å². The molecular formula is C13H20ClNO. The molecule has 1 aromatic rings. The summed E-state index contributed by atoms with van der Waals surface area (Å²) < 4.78 is 5.63. The van der Waals surface area contributed by atoms with Gasteiger partial charge in [0.2, 0.25) is 0 Å². The summed E-state index contributed by atoms with van der Waals surface area (Å²) in [7, 11) is 0. The van der Waals surface area contributed by atoms with Crippen LogP contribution in [-0.4, -0.2) is 13.2 Å². The number of hydrogen-bond acceptors (Lipinski definition) is 2. The summed E-state index contributed by atoms with van der Waals surface area (Å²) in [6, 6.07) is 5.83. The van der Waals surface area contributed by atoms with Crippen LogP contribution in [0.4, 0.5) is 0 Å². The number of benzene rings is 1. The molecule has 0 aliphatic rings. The van der Waals surface area contributed by atoms with E-state index in [-0.39, 0.29) is 0 Å². The van der Waals surface area contributed by atoms with Crippen LogP contribution in [0.3, 0.4) is 0 Å². The lowest BCUT2D eigenvalue weighted by molar-refractivity contribution is 0.305. The van der Waals surface area contributed by atoms with Gasteiger partial charge in [0.25, 0.3) is 0 Å². The molecule has 0 aliphatic heterocycles. The lowest BCUT2D eigenvalue weighted by Crippen LogP contribution is -2.00. The zero-order chi connectivity index (χ0) is 11.8. The van der Waals surface area contributed by atoms with Crippen molar-refractivity contribution >= 4 is 11.6 Å². The van der Waals surface area contributed by atoms with Crippen LogP contribution in [0.15, 0.2) is 18.2 Å². The van der Waals surface area contributed by atoms with E-state index in [0.29, 0.717) is 5.02 Å². The van der Waals surface area contributed by atoms with Gasteiger partial charge in [-0.2, -0.15) is 0 Å². The Morgan fingerprint density at radius 2 is 1.94 bits per heavy atom. The standard InChI is InChI=1S/C13H20ClNO/c1-11-6-7-12(14)13(10-11)16-9-5-3-2-4-8-15/h6-7,10H,2-5,8-9,15H2,1H3. The number of aryl methyl sites for hydroxylation is 1. The quantitative estimate of drug-likeness (QED) is 0.741. The third-order valence-electron chi connectivity index (χ3n) is 2.44. The molecule has 1 aromatic carbocycles. The molecule has 0 fully saturated rings. The summed E-state index contributed by atoms with van der Waals surface area (Å²) in [5, 5.41) is 0.688. The summed E-state index contributed by atoms with van der Waals surface area (Å²) >= 11 is 6.02. The normalized spacial score (nSPS) is 10.4. The van der Waals surface area contributed by atoms with E-state index in [1.165, 1.54) is 18.4 Å². The van der Waals surface area contributed by atoms with Gasteiger partial charge in [0, 0.05) is 0 Å². The van der Waals surface area contributed by atoms with Crippen LogP contribution < -0.4 is 10.5 Å². The first kappa shape index (κ1) is 13.3. The monoisotopic (exact) mass is 241 g/mol. The molecule has 0 atom stereocenters. The second kappa shape index (κ2) is 7.53. The third kappa shape index (κ3) is 4.86. The van der Waals surface area contributed by atoms with Gasteiger partial charge in [0.1, 0.15) is 5.75 Å². The fourth-order valence-corrected chi connectivity index (χ4v) is 1.68. The summed E-state index contributed by atoms with van der Waals surface area (Å²) in [4.78, 5) is 0. The SMILES string of the molecule is Cc1ccc(Cl)c(OCCCCCCN)c1. The molecule has 2 N–H and O–H groups in total. The topological polar surface area (TPSA) is 35.2 Å². The highest BCUT2D eigenvalue weighted by atomic mass is 35.5. The van der Waals surface area contributed by atoms with Crippen LogP contribution in [0.5, 0.6) is 5.75 Å². The minimum atomic E-state index is 0.688. The first-order valence-electron chi connectivity index (χ1n) is 5.83. The molecule has 0 saturated heterocycles. The molecule has 2 nitrogen and oxygen atoms in total. The number of hydrogen-bond donors (Lipinski definition) is 1. The Kier molecular flexibility index (Phi) is 6.27. The van der Waals surface area contributed by atoms with Gasteiger partial charge in [-0.15, -0.1) is 0 Å². The van der Waals surface area contributed by atoms with Crippen LogP contribution >= 0.6 is 11.6 Å². The van der Waals surface area contributed by atoms with E-state index in [1.54, 1.807) is 0 Å².